The number of nitrogens with zero attached hydrogens (tertiary/aromatic N) is 2. The average Bonchev–Trinajstić information content (AvgIpc) is 2.92. The first kappa shape index (κ1) is 13.8. The molecule has 5 heteroatoms. The minimum atomic E-state index is -0.323. The van der Waals surface area contributed by atoms with Crippen molar-refractivity contribution in [1.29, 1.82) is 0 Å². The Labute approximate surface area is 120 Å². The van der Waals surface area contributed by atoms with E-state index in [0.29, 0.717) is 6.61 Å². The zero-order valence-corrected chi connectivity index (χ0v) is 12.4. The lowest BCUT2D eigenvalue weighted by atomic mass is 10.0. The molecule has 1 unspecified atom stereocenters. The number of anilines is 1. The highest BCUT2D eigenvalue weighted by Crippen LogP contribution is 2.35. The third kappa shape index (κ3) is 2.52. The van der Waals surface area contributed by atoms with Gasteiger partial charge < -0.3 is 14.8 Å². The van der Waals surface area contributed by atoms with Gasteiger partial charge in [-0.05, 0) is 26.2 Å². The van der Waals surface area contributed by atoms with E-state index in [1.54, 1.807) is 0 Å². The van der Waals surface area contributed by atoms with Crippen LogP contribution in [0.4, 0.5) is 5.82 Å². The molecule has 1 saturated heterocycles. The minimum absolute atomic E-state index is 0.323. The molecule has 3 heterocycles. The van der Waals surface area contributed by atoms with Crippen molar-refractivity contribution in [1.82, 2.24) is 9.97 Å². The lowest BCUT2D eigenvalue weighted by molar-refractivity contribution is 0.00877. The standard InChI is InChI=1S/C15H23N3O2/c1-3-7-16-13-11-10-19-9-5-12(11)17-14(18-13)15(2)6-4-8-20-15/h3-10H2,1-2H3,(H,16,17,18). The van der Waals surface area contributed by atoms with Crippen LogP contribution in [0.2, 0.25) is 0 Å². The maximum Gasteiger partial charge on any atom is 0.162 e. The molecule has 5 nitrogen and oxygen atoms in total. The van der Waals surface area contributed by atoms with Gasteiger partial charge in [0.05, 0.1) is 18.9 Å². The van der Waals surface area contributed by atoms with E-state index in [4.69, 9.17) is 19.4 Å². The largest absolute Gasteiger partial charge is 0.376 e. The Balaban J connectivity index is 1.98. The molecule has 0 aliphatic carbocycles. The molecular weight excluding hydrogens is 254 g/mol. The van der Waals surface area contributed by atoms with Crippen molar-refractivity contribution < 1.29 is 9.47 Å². The number of rotatable bonds is 4. The molecule has 1 aromatic rings. The average molecular weight is 277 g/mol. The van der Waals surface area contributed by atoms with Gasteiger partial charge in [0, 0.05) is 25.1 Å². The van der Waals surface area contributed by atoms with Crippen LogP contribution in [0.1, 0.15) is 50.2 Å². The first-order valence-corrected chi connectivity index (χ1v) is 7.59. The summed E-state index contributed by atoms with van der Waals surface area (Å²) in [7, 11) is 0. The lowest BCUT2D eigenvalue weighted by Crippen LogP contribution is -2.27. The molecule has 110 valence electrons. The molecule has 0 saturated carbocycles. The SMILES string of the molecule is CCCNc1nc(C2(C)CCCO2)nc2c1COCC2. The van der Waals surface area contributed by atoms with Gasteiger partial charge in [0.25, 0.3) is 0 Å². The summed E-state index contributed by atoms with van der Waals surface area (Å²) in [6.45, 7) is 7.33. The third-order valence-electron chi connectivity index (χ3n) is 4.06. The van der Waals surface area contributed by atoms with Gasteiger partial charge in [-0.25, -0.2) is 9.97 Å². The smallest absolute Gasteiger partial charge is 0.162 e. The van der Waals surface area contributed by atoms with Crippen LogP contribution < -0.4 is 5.32 Å². The van der Waals surface area contributed by atoms with E-state index in [1.807, 2.05) is 0 Å². The van der Waals surface area contributed by atoms with Gasteiger partial charge in [0.15, 0.2) is 5.82 Å². The Morgan fingerprint density at radius 1 is 1.30 bits per heavy atom. The topological polar surface area (TPSA) is 56.3 Å². The van der Waals surface area contributed by atoms with Crippen molar-refractivity contribution in [3.63, 3.8) is 0 Å². The monoisotopic (exact) mass is 277 g/mol. The second-order valence-corrected chi connectivity index (χ2v) is 5.73. The molecule has 0 spiro atoms. The second kappa shape index (κ2) is 5.66. The summed E-state index contributed by atoms with van der Waals surface area (Å²) in [6, 6.07) is 0. The Kier molecular flexibility index (Phi) is 3.89. The van der Waals surface area contributed by atoms with Crippen molar-refractivity contribution >= 4 is 5.82 Å². The maximum absolute atomic E-state index is 5.89. The Morgan fingerprint density at radius 2 is 2.20 bits per heavy atom. The summed E-state index contributed by atoms with van der Waals surface area (Å²) in [4.78, 5) is 9.53. The fourth-order valence-electron chi connectivity index (χ4n) is 2.81. The lowest BCUT2D eigenvalue weighted by Gasteiger charge is -2.26. The molecule has 0 radical (unpaired) electrons. The van der Waals surface area contributed by atoms with Gasteiger partial charge in [-0.2, -0.15) is 0 Å². The predicted octanol–water partition coefficient (Wildman–Crippen LogP) is 2.40. The van der Waals surface area contributed by atoms with E-state index in [-0.39, 0.29) is 5.60 Å². The molecule has 0 aromatic carbocycles. The summed E-state index contributed by atoms with van der Waals surface area (Å²) in [5.41, 5.74) is 1.92. The molecule has 20 heavy (non-hydrogen) atoms. The van der Waals surface area contributed by atoms with Crippen LogP contribution >= 0.6 is 0 Å². The number of ether oxygens (including phenoxy) is 2. The molecule has 1 aromatic heterocycles. The fraction of sp³-hybridized carbons (Fsp3) is 0.733. The van der Waals surface area contributed by atoms with Gasteiger partial charge >= 0.3 is 0 Å². The molecule has 0 bridgehead atoms. The quantitative estimate of drug-likeness (QED) is 0.916. The highest BCUT2D eigenvalue weighted by Gasteiger charge is 2.36. The van der Waals surface area contributed by atoms with Crippen molar-refractivity contribution in [2.75, 3.05) is 25.1 Å². The highest BCUT2D eigenvalue weighted by atomic mass is 16.5. The zero-order valence-electron chi connectivity index (χ0n) is 12.4. The zero-order chi connectivity index (χ0) is 14.0. The summed E-state index contributed by atoms with van der Waals surface area (Å²) < 4.78 is 11.4. The number of fused-ring (bicyclic) bond motifs is 1. The van der Waals surface area contributed by atoms with Crippen LogP contribution in [0.3, 0.4) is 0 Å². The van der Waals surface area contributed by atoms with Crippen LogP contribution in [0.15, 0.2) is 0 Å². The van der Waals surface area contributed by atoms with E-state index >= 15 is 0 Å². The Bertz CT molecular complexity index is 484. The summed E-state index contributed by atoms with van der Waals surface area (Å²) in [6.07, 6.45) is 4.01. The maximum atomic E-state index is 5.89. The van der Waals surface area contributed by atoms with Gasteiger partial charge in [-0.3, -0.25) is 0 Å². The summed E-state index contributed by atoms with van der Waals surface area (Å²) in [5.74, 6) is 1.76. The van der Waals surface area contributed by atoms with Crippen LogP contribution in [-0.4, -0.2) is 29.7 Å². The number of hydrogen-bond acceptors (Lipinski definition) is 5. The van der Waals surface area contributed by atoms with Gasteiger partial charge in [0.2, 0.25) is 0 Å². The Hall–Kier alpha value is -1.20. The third-order valence-corrected chi connectivity index (χ3v) is 4.06. The van der Waals surface area contributed by atoms with Crippen LogP contribution in [-0.2, 0) is 28.1 Å². The highest BCUT2D eigenvalue weighted by molar-refractivity contribution is 5.47. The van der Waals surface area contributed by atoms with Crippen molar-refractivity contribution in [3.8, 4) is 0 Å². The van der Waals surface area contributed by atoms with Gasteiger partial charge in [0.1, 0.15) is 11.4 Å². The van der Waals surface area contributed by atoms with Crippen LogP contribution in [0.5, 0.6) is 0 Å². The molecule has 2 aliphatic rings. The first-order chi connectivity index (χ1) is 9.73. The van der Waals surface area contributed by atoms with Crippen molar-refractivity contribution in [2.24, 2.45) is 0 Å². The van der Waals surface area contributed by atoms with Crippen LogP contribution in [0, 0.1) is 0 Å². The molecule has 0 amide bonds. The molecule has 1 N–H and O–H groups in total. The molecule has 1 atom stereocenters. The van der Waals surface area contributed by atoms with E-state index in [0.717, 1.165) is 68.3 Å². The fourth-order valence-corrected chi connectivity index (χ4v) is 2.81. The van der Waals surface area contributed by atoms with Crippen molar-refractivity contribution in [2.45, 2.75) is 51.7 Å². The van der Waals surface area contributed by atoms with Gasteiger partial charge in [-0.1, -0.05) is 6.92 Å². The van der Waals surface area contributed by atoms with E-state index in [1.165, 1.54) is 0 Å². The summed E-state index contributed by atoms with van der Waals surface area (Å²) in [5, 5.41) is 3.42. The number of nitrogens with one attached hydrogen (secondary N) is 1. The number of hydrogen-bond donors (Lipinski definition) is 1. The minimum Gasteiger partial charge on any atom is -0.376 e. The predicted molar refractivity (Wildman–Crippen MR) is 76.7 cm³/mol. The normalized spacial score (nSPS) is 25.5. The molecule has 3 rings (SSSR count). The first-order valence-electron chi connectivity index (χ1n) is 7.59. The molecule has 2 aliphatic heterocycles. The van der Waals surface area contributed by atoms with Gasteiger partial charge in [-0.15, -0.1) is 0 Å². The summed E-state index contributed by atoms with van der Waals surface area (Å²) >= 11 is 0. The molecule has 1 fully saturated rings. The van der Waals surface area contributed by atoms with Crippen molar-refractivity contribution in [3.05, 3.63) is 17.1 Å². The van der Waals surface area contributed by atoms with E-state index in [9.17, 15) is 0 Å². The Morgan fingerprint density at radius 3 is 2.95 bits per heavy atom. The number of aromatic nitrogens is 2. The second-order valence-electron chi connectivity index (χ2n) is 5.73. The van der Waals surface area contributed by atoms with Crippen LogP contribution in [0.25, 0.3) is 0 Å². The van der Waals surface area contributed by atoms with E-state index in [2.05, 4.69) is 19.2 Å². The molecular formula is C15H23N3O2. The van der Waals surface area contributed by atoms with E-state index < -0.39 is 0 Å².